The first kappa shape index (κ1) is 22.3. The summed E-state index contributed by atoms with van der Waals surface area (Å²) in [5.41, 5.74) is 0.607. The van der Waals surface area contributed by atoms with Crippen LogP contribution in [0.3, 0.4) is 0 Å². The van der Waals surface area contributed by atoms with Gasteiger partial charge >= 0.3 is 17.9 Å². The fraction of sp³-hybridized carbons (Fsp3) is 0.474. The minimum absolute atomic E-state index is 0.257. The topological polar surface area (TPSA) is 103 Å². The molecule has 5 atom stereocenters. The Morgan fingerprint density at radius 1 is 1.20 bits per heavy atom. The number of hydrogen-bond acceptors (Lipinski definition) is 8. The van der Waals surface area contributed by atoms with E-state index in [0.717, 1.165) is 0 Å². The van der Waals surface area contributed by atoms with Crippen LogP contribution in [-0.4, -0.2) is 60.2 Å². The van der Waals surface area contributed by atoms with Gasteiger partial charge in [-0.2, -0.15) is 0 Å². The van der Waals surface area contributed by atoms with E-state index in [4.69, 9.17) is 42.8 Å². The average molecular weight is 457 g/mol. The number of benzene rings is 1. The number of anilines is 1. The van der Waals surface area contributed by atoms with Crippen molar-refractivity contribution in [1.82, 2.24) is 5.32 Å². The molecule has 30 heavy (non-hydrogen) atoms. The third-order valence-electron chi connectivity index (χ3n) is 4.59. The van der Waals surface area contributed by atoms with E-state index in [0.29, 0.717) is 15.8 Å². The van der Waals surface area contributed by atoms with E-state index in [9.17, 15) is 14.4 Å². The van der Waals surface area contributed by atoms with Crippen LogP contribution >= 0.6 is 23.8 Å². The lowest BCUT2D eigenvalue weighted by Crippen LogP contribution is -2.49. The molecule has 1 N–H and O–H groups in total. The summed E-state index contributed by atoms with van der Waals surface area (Å²) in [4.78, 5) is 36.3. The number of carbonyl (C=O) groups excluding carboxylic acids is 3. The number of fused-ring (bicyclic) bond motifs is 1. The zero-order valence-electron chi connectivity index (χ0n) is 16.5. The number of thiocarbonyl (C=S) groups is 1. The Hall–Kier alpha value is -2.43. The molecule has 2 fully saturated rings. The highest BCUT2D eigenvalue weighted by molar-refractivity contribution is 7.80. The maximum absolute atomic E-state index is 11.8. The summed E-state index contributed by atoms with van der Waals surface area (Å²) in [7, 11) is 0. The molecule has 2 heterocycles. The Morgan fingerprint density at radius 2 is 1.90 bits per heavy atom. The van der Waals surface area contributed by atoms with Gasteiger partial charge in [-0.1, -0.05) is 23.7 Å². The second kappa shape index (κ2) is 9.15. The molecule has 3 rings (SSSR count). The van der Waals surface area contributed by atoms with Gasteiger partial charge in [0.2, 0.25) is 0 Å². The van der Waals surface area contributed by atoms with Crippen molar-refractivity contribution in [3.8, 4) is 0 Å². The van der Waals surface area contributed by atoms with Gasteiger partial charge < -0.3 is 24.3 Å². The van der Waals surface area contributed by atoms with Gasteiger partial charge in [-0.15, -0.1) is 0 Å². The number of rotatable bonds is 6. The third-order valence-corrected chi connectivity index (χ3v) is 5.23. The molecule has 0 aromatic heterocycles. The zero-order chi connectivity index (χ0) is 22.0. The summed E-state index contributed by atoms with van der Waals surface area (Å²) in [6.45, 7) is 3.46. The maximum Gasteiger partial charge on any atom is 0.303 e. The highest BCUT2D eigenvalue weighted by Gasteiger charge is 2.57. The van der Waals surface area contributed by atoms with Crippen molar-refractivity contribution in [2.24, 2.45) is 0 Å². The summed E-state index contributed by atoms with van der Waals surface area (Å²) < 4.78 is 22.0. The molecule has 1 aromatic carbocycles. The highest BCUT2D eigenvalue weighted by atomic mass is 35.5. The number of hydrogen-bond donors (Lipinski definition) is 1. The van der Waals surface area contributed by atoms with Crippen molar-refractivity contribution >= 4 is 52.5 Å². The molecule has 0 saturated carbocycles. The number of ether oxygens (including phenoxy) is 4. The molecule has 0 aliphatic carbocycles. The van der Waals surface area contributed by atoms with Crippen LogP contribution in [0.15, 0.2) is 24.3 Å². The largest absolute Gasteiger partial charge is 0.462 e. The van der Waals surface area contributed by atoms with Crippen molar-refractivity contribution in [1.29, 1.82) is 0 Å². The van der Waals surface area contributed by atoms with Gasteiger partial charge in [0.05, 0.1) is 10.7 Å². The van der Waals surface area contributed by atoms with Gasteiger partial charge in [-0.05, 0) is 24.4 Å². The summed E-state index contributed by atoms with van der Waals surface area (Å²) in [5.74, 6) is -1.69. The van der Waals surface area contributed by atoms with Crippen LogP contribution in [0, 0.1) is 0 Å². The first-order valence-electron chi connectivity index (χ1n) is 9.16. The van der Waals surface area contributed by atoms with Crippen LogP contribution in [0.1, 0.15) is 20.8 Å². The van der Waals surface area contributed by atoms with E-state index in [-0.39, 0.29) is 6.61 Å². The SMILES string of the molecule is CC(=O)OC[C@@H](OC(C)=O)[C@H]1O[C@H]2[C@H](NC(=S)N2c2ccccc2Cl)[C@H]1OC(C)=O. The Kier molecular flexibility index (Phi) is 6.79. The molecule has 2 aliphatic heterocycles. The van der Waals surface area contributed by atoms with Crippen molar-refractivity contribution in [3.05, 3.63) is 29.3 Å². The van der Waals surface area contributed by atoms with Crippen LogP contribution in [0.2, 0.25) is 5.02 Å². The molecule has 162 valence electrons. The van der Waals surface area contributed by atoms with Gasteiger partial charge in [0.25, 0.3) is 0 Å². The predicted molar refractivity (Wildman–Crippen MR) is 110 cm³/mol. The van der Waals surface area contributed by atoms with E-state index < -0.39 is 48.5 Å². The predicted octanol–water partition coefficient (Wildman–Crippen LogP) is 1.55. The Morgan fingerprint density at radius 3 is 2.50 bits per heavy atom. The summed E-state index contributed by atoms with van der Waals surface area (Å²) in [6, 6.07) is 6.52. The quantitative estimate of drug-likeness (QED) is 0.385. The second-order valence-corrected chi connectivity index (χ2v) is 7.61. The minimum Gasteiger partial charge on any atom is -0.462 e. The van der Waals surface area contributed by atoms with Crippen LogP contribution in [-0.2, 0) is 33.3 Å². The van der Waals surface area contributed by atoms with Gasteiger partial charge in [-0.3, -0.25) is 19.3 Å². The van der Waals surface area contributed by atoms with Crippen molar-refractivity contribution in [3.63, 3.8) is 0 Å². The lowest BCUT2D eigenvalue weighted by molar-refractivity contribution is -0.174. The summed E-state index contributed by atoms with van der Waals surface area (Å²) in [6.07, 6.45) is -3.46. The van der Waals surface area contributed by atoms with Gasteiger partial charge in [0.1, 0.15) is 18.8 Å². The number of nitrogens with one attached hydrogen (secondary N) is 1. The zero-order valence-corrected chi connectivity index (χ0v) is 18.1. The summed E-state index contributed by atoms with van der Waals surface area (Å²) in [5, 5.41) is 3.90. The average Bonchev–Trinajstić information content (AvgIpc) is 3.14. The van der Waals surface area contributed by atoms with Crippen LogP contribution in [0.4, 0.5) is 5.69 Å². The summed E-state index contributed by atoms with van der Waals surface area (Å²) >= 11 is 11.8. The molecule has 0 amide bonds. The van der Waals surface area contributed by atoms with Crippen molar-refractivity contribution in [2.45, 2.75) is 51.4 Å². The Bertz CT molecular complexity index is 867. The number of halogens is 1. The molecule has 11 heteroatoms. The van der Waals surface area contributed by atoms with Crippen molar-refractivity contribution in [2.75, 3.05) is 11.5 Å². The van der Waals surface area contributed by atoms with Gasteiger partial charge in [0, 0.05) is 20.8 Å². The van der Waals surface area contributed by atoms with Crippen LogP contribution in [0.25, 0.3) is 0 Å². The molecule has 0 unspecified atom stereocenters. The highest BCUT2D eigenvalue weighted by Crippen LogP contribution is 2.38. The van der Waals surface area contributed by atoms with Gasteiger partial charge in [0.15, 0.2) is 23.5 Å². The normalized spacial score (nSPS) is 25.9. The lowest BCUT2D eigenvalue weighted by atomic mass is 10.0. The van der Waals surface area contributed by atoms with Crippen molar-refractivity contribution < 1.29 is 33.3 Å². The molecule has 0 bridgehead atoms. The lowest BCUT2D eigenvalue weighted by Gasteiger charge is -2.29. The van der Waals surface area contributed by atoms with E-state index in [1.54, 1.807) is 29.2 Å². The molecule has 9 nitrogen and oxygen atoms in total. The first-order valence-corrected chi connectivity index (χ1v) is 9.95. The minimum atomic E-state index is -0.996. The monoisotopic (exact) mass is 456 g/mol. The number of carbonyl (C=O) groups is 3. The third kappa shape index (κ3) is 4.66. The first-order chi connectivity index (χ1) is 14.2. The fourth-order valence-corrected chi connectivity index (χ4v) is 4.09. The number of para-hydroxylation sites is 1. The number of esters is 3. The van der Waals surface area contributed by atoms with E-state index in [1.165, 1.54) is 20.8 Å². The Labute approximate surface area is 183 Å². The standard InChI is InChI=1S/C19H21ClN2O7S/c1-9(23)26-8-14(27-10(2)24)16-17(28-11(3)25)15-18(29-16)22(19(30)21-15)13-7-5-4-6-12(13)20/h4-7,14-18H,8H2,1-3H3,(H,21,30)/t14-,15-,16-,17-,18+/m1/s1. The molecule has 2 aliphatic rings. The molecule has 2 saturated heterocycles. The molecular formula is C19H21ClN2O7S. The second-order valence-electron chi connectivity index (χ2n) is 6.81. The van der Waals surface area contributed by atoms with E-state index in [1.807, 2.05) is 0 Å². The fourth-order valence-electron chi connectivity index (χ4n) is 3.53. The number of nitrogens with zero attached hydrogens (tertiary/aromatic N) is 1. The molecule has 0 spiro atoms. The molecule has 0 radical (unpaired) electrons. The van der Waals surface area contributed by atoms with Crippen LogP contribution < -0.4 is 10.2 Å². The van der Waals surface area contributed by atoms with E-state index in [2.05, 4.69) is 5.32 Å². The van der Waals surface area contributed by atoms with E-state index >= 15 is 0 Å². The molecule has 1 aromatic rings. The maximum atomic E-state index is 11.8. The smallest absolute Gasteiger partial charge is 0.303 e. The Balaban J connectivity index is 1.93. The molecular weight excluding hydrogens is 436 g/mol. The van der Waals surface area contributed by atoms with Crippen LogP contribution in [0.5, 0.6) is 0 Å². The van der Waals surface area contributed by atoms with Gasteiger partial charge in [-0.25, -0.2) is 0 Å².